The fourth-order valence-electron chi connectivity index (χ4n) is 0.674. The summed E-state index contributed by atoms with van der Waals surface area (Å²) in [7, 11) is 4.68. The van der Waals surface area contributed by atoms with Crippen LogP contribution in [0.4, 0.5) is 4.79 Å². The SMILES string of the molecule is CNC(=O)OC.C[n+]1cccc(O)c1.[Br-]. The van der Waals surface area contributed by atoms with Gasteiger partial charge in [0.1, 0.15) is 7.05 Å². The first kappa shape index (κ1) is 16.1. The predicted octanol–water partition coefficient (Wildman–Crippen LogP) is -2.81. The number of hydrogen-bond donors (Lipinski definition) is 2. The smallest absolute Gasteiger partial charge is 0.406 e. The van der Waals surface area contributed by atoms with Crippen molar-refractivity contribution >= 4 is 6.09 Å². The molecule has 0 aliphatic carbocycles. The number of methoxy groups -OCH3 is 1. The highest BCUT2D eigenvalue weighted by molar-refractivity contribution is 5.66. The summed E-state index contributed by atoms with van der Waals surface area (Å²) in [6, 6.07) is 3.43. The lowest BCUT2D eigenvalue weighted by Gasteiger charge is -1.90. The van der Waals surface area contributed by atoms with Gasteiger partial charge in [0.2, 0.25) is 6.20 Å². The number of amides is 1. The van der Waals surface area contributed by atoms with Crippen molar-refractivity contribution in [1.82, 2.24) is 5.32 Å². The second kappa shape index (κ2) is 9.26. The third-order valence-corrected chi connectivity index (χ3v) is 1.31. The van der Waals surface area contributed by atoms with Crippen LogP contribution in [0.3, 0.4) is 0 Å². The zero-order valence-corrected chi connectivity index (χ0v) is 10.5. The van der Waals surface area contributed by atoms with Crippen molar-refractivity contribution in [2.75, 3.05) is 14.2 Å². The Balaban J connectivity index is 0. The molecule has 6 heteroatoms. The largest absolute Gasteiger partial charge is 1.00 e. The van der Waals surface area contributed by atoms with Gasteiger partial charge in [0.25, 0.3) is 0 Å². The van der Waals surface area contributed by atoms with Crippen LogP contribution in [-0.2, 0) is 11.8 Å². The number of hydrogen-bond acceptors (Lipinski definition) is 3. The van der Waals surface area contributed by atoms with Crippen LogP contribution in [0.1, 0.15) is 0 Å². The van der Waals surface area contributed by atoms with E-state index in [1.165, 1.54) is 14.2 Å². The van der Waals surface area contributed by atoms with Crippen molar-refractivity contribution in [1.29, 1.82) is 0 Å². The van der Waals surface area contributed by atoms with Crippen LogP contribution in [0.5, 0.6) is 5.75 Å². The fourth-order valence-corrected chi connectivity index (χ4v) is 0.674. The Bertz CT molecular complexity index is 271. The molecule has 1 heterocycles. The summed E-state index contributed by atoms with van der Waals surface area (Å²) < 4.78 is 5.94. The summed E-state index contributed by atoms with van der Waals surface area (Å²) in [5, 5.41) is 11.0. The summed E-state index contributed by atoms with van der Waals surface area (Å²) >= 11 is 0. The number of pyridine rings is 1. The van der Waals surface area contributed by atoms with Crippen molar-refractivity contribution in [3.8, 4) is 5.75 Å². The lowest BCUT2D eigenvalue weighted by molar-refractivity contribution is -0.671. The van der Waals surface area contributed by atoms with E-state index in [2.05, 4.69) is 10.1 Å². The Morgan fingerprint density at radius 1 is 1.60 bits per heavy atom. The van der Waals surface area contributed by atoms with E-state index in [4.69, 9.17) is 5.11 Å². The van der Waals surface area contributed by atoms with Crippen molar-refractivity contribution in [3.63, 3.8) is 0 Å². The quantitative estimate of drug-likeness (QED) is 0.504. The normalized spacial score (nSPS) is 7.67. The van der Waals surface area contributed by atoms with Crippen LogP contribution in [0.2, 0.25) is 0 Å². The first-order chi connectivity index (χ1) is 6.60. The number of aryl methyl sites for hydroxylation is 1. The van der Waals surface area contributed by atoms with Crippen LogP contribution >= 0.6 is 0 Å². The molecule has 0 unspecified atom stereocenters. The van der Waals surface area contributed by atoms with E-state index in [0.717, 1.165) is 0 Å². The minimum atomic E-state index is -0.407. The molecule has 1 aromatic rings. The molecule has 0 saturated heterocycles. The molecule has 0 bridgehead atoms. The molecule has 0 saturated carbocycles. The number of carbonyl (C=O) groups excluding carboxylic acids is 1. The van der Waals surface area contributed by atoms with Crippen molar-refractivity contribution in [2.45, 2.75) is 0 Å². The number of nitrogens with zero attached hydrogens (tertiary/aromatic N) is 1. The maximum absolute atomic E-state index is 9.85. The maximum atomic E-state index is 9.85. The van der Waals surface area contributed by atoms with Gasteiger partial charge >= 0.3 is 6.09 Å². The van der Waals surface area contributed by atoms with Crippen LogP contribution in [0.15, 0.2) is 24.5 Å². The zero-order valence-electron chi connectivity index (χ0n) is 8.90. The van der Waals surface area contributed by atoms with Crippen LogP contribution < -0.4 is 26.9 Å². The Morgan fingerprint density at radius 2 is 2.20 bits per heavy atom. The lowest BCUT2D eigenvalue weighted by atomic mass is 10.5. The van der Waals surface area contributed by atoms with E-state index in [1.54, 1.807) is 22.9 Å². The van der Waals surface area contributed by atoms with Gasteiger partial charge < -0.3 is 32.1 Å². The second-order valence-corrected chi connectivity index (χ2v) is 2.47. The molecular formula is C9H15BrN2O3. The van der Waals surface area contributed by atoms with Gasteiger partial charge in [-0.1, -0.05) is 0 Å². The number of ether oxygens (including phenoxy) is 1. The standard InChI is InChI=1S/C6H7NO.C3H7NO2.BrH/c1-7-4-2-3-6(8)5-7;1-4-3(5)6-2;/h2-5H,1H3;1-2H3,(H,4,5);1H. The fraction of sp³-hybridized carbons (Fsp3) is 0.333. The Hall–Kier alpha value is -1.30. The molecule has 0 aliphatic heterocycles. The molecule has 5 nitrogen and oxygen atoms in total. The molecule has 86 valence electrons. The number of halogens is 1. The maximum Gasteiger partial charge on any atom is 0.406 e. The Labute approximate surface area is 99.5 Å². The van der Waals surface area contributed by atoms with Crippen molar-refractivity contribution in [2.24, 2.45) is 7.05 Å². The van der Waals surface area contributed by atoms with Gasteiger partial charge in [0.05, 0.1) is 7.11 Å². The predicted molar refractivity (Wildman–Crippen MR) is 50.7 cm³/mol. The molecule has 1 aromatic heterocycles. The Morgan fingerprint density at radius 3 is 2.40 bits per heavy atom. The highest BCUT2D eigenvalue weighted by atomic mass is 79.9. The number of rotatable bonds is 0. The van der Waals surface area contributed by atoms with Crippen LogP contribution in [0, 0.1) is 0 Å². The van der Waals surface area contributed by atoms with E-state index < -0.39 is 6.09 Å². The van der Waals surface area contributed by atoms with Gasteiger partial charge in [-0.3, -0.25) is 0 Å². The van der Waals surface area contributed by atoms with Crippen LogP contribution in [0.25, 0.3) is 0 Å². The lowest BCUT2D eigenvalue weighted by Crippen LogP contribution is -3.00. The molecule has 1 amide bonds. The summed E-state index contributed by atoms with van der Waals surface area (Å²) in [5.41, 5.74) is 0. The first-order valence-corrected chi connectivity index (χ1v) is 4.00. The average molecular weight is 279 g/mol. The highest BCUT2D eigenvalue weighted by Gasteiger charge is 1.90. The van der Waals surface area contributed by atoms with Crippen molar-refractivity contribution < 1.29 is 36.2 Å². The monoisotopic (exact) mass is 278 g/mol. The number of aromatic hydroxyl groups is 1. The third kappa shape index (κ3) is 9.01. The number of carbonyl (C=O) groups is 1. The van der Waals surface area contributed by atoms with E-state index in [-0.39, 0.29) is 17.0 Å². The van der Waals surface area contributed by atoms with Gasteiger partial charge in [-0.2, -0.15) is 0 Å². The van der Waals surface area contributed by atoms with Crippen LogP contribution in [-0.4, -0.2) is 25.4 Å². The number of aromatic nitrogens is 1. The zero-order chi connectivity index (χ0) is 11.0. The third-order valence-electron chi connectivity index (χ3n) is 1.31. The number of nitrogens with one attached hydrogen (secondary N) is 1. The molecule has 0 atom stereocenters. The first-order valence-electron chi connectivity index (χ1n) is 4.00. The molecule has 15 heavy (non-hydrogen) atoms. The van der Waals surface area contributed by atoms with Gasteiger partial charge in [-0.05, 0) is 6.07 Å². The van der Waals surface area contributed by atoms with Gasteiger partial charge in [0.15, 0.2) is 11.9 Å². The summed E-state index contributed by atoms with van der Waals surface area (Å²) in [4.78, 5) is 9.85. The highest BCUT2D eigenvalue weighted by Crippen LogP contribution is 1.98. The minimum absolute atomic E-state index is 0. The molecule has 1 rings (SSSR count). The van der Waals surface area contributed by atoms with E-state index in [1.807, 2.05) is 13.2 Å². The topological polar surface area (TPSA) is 62.4 Å². The Kier molecular flexibility index (Phi) is 9.97. The summed E-state index contributed by atoms with van der Waals surface area (Å²) in [6.07, 6.45) is 3.09. The molecule has 0 aromatic carbocycles. The molecule has 2 N–H and O–H groups in total. The molecule has 0 fully saturated rings. The molecule has 0 aliphatic rings. The van der Waals surface area contributed by atoms with E-state index in [9.17, 15) is 4.79 Å². The van der Waals surface area contributed by atoms with Gasteiger partial charge in [-0.25, -0.2) is 9.36 Å². The van der Waals surface area contributed by atoms with Crippen molar-refractivity contribution in [3.05, 3.63) is 24.5 Å². The van der Waals surface area contributed by atoms with E-state index in [0.29, 0.717) is 5.75 Å². The number of alkyl carbamates (subject to hydrolysis) is 1. The second-order valence-electron chi connectivity index (χ2n) is 2.47. The van der Waals surface area contributed by atoms with Gasteiger partial charge in [0, 0.05) is 13.1 Å². The molecule has 0 radical (unpaired) electrons. The molecule has 0 spiro atoms. The van der Waals surface area contributed by atoms with Gasteiger partial charge in [-0.15, -0.1) is 0 Å². The minimum Gasteiger partial charge on any atom is -1.00 e. The summed E-state index contributed by atoms with van der Waals surface area (Å²) in [5.74, 6) is 0.301. The average Bonchev–Trinajstić information content (AvgIpc) is 2.17. The van der Waals surface area contributed by atoms with E-state index >= 15 is 0 Å². The summed E-state index contributed by atoms with van der Waals surface area (Å²) in [6.45, 7) is 0. The molecular weight excluding hydrogens is 264 g/mol.